The maximum Gasteiger partial charge on any atom is 0.291 e. The topological polar surface area (TPSA) is 73.0 Å². The van der Waals surface area contributed by atoms with Crippen LogP contribution in [0.25, 0.3) is 5.69 Å². The second kappa shape index (κ2) is 5.18. The fourth-order valence-corrected chi connectivity index (χ4v) is 2.03. The molecule has 0 saturated carbocycles. The maximum atomic E-state index is 12.0. The standard InChI is InChI=1S/C13H9ClN4O2/c14-9-3-1-4-10(12(9)18-8-15-7-16-18)17-13(19)11-5-2-6-20-11/h1-8H,(H,17,19). The van der Waals surface area contributed by atoms with Gasteiger partial charge in [0.2, 0.25) is 0 Å². The summed E-state index contributed by atoms with van der Waals surface area (Å²) in [4.78, 5) is 15.9. The molecule has 0 aliphatic carbocycles. The van der Waals surface area contributed by atoms with Crippen LogP contribution < -0.4 is 5.32 Å². The first kappa shape index (κ1) is 12.4. The molecule has 6 nitrogen and oxygen atoms in total. The minimum Gasteiger partial charge on any atom is -0.459 e. The van der Waals surface area contributed by atoms with E-state index in [0.717, 1.165) is 0 Å². The molecule has 0 atom stereocenters. The number of amides is 1. The molecule has 1 N–H and O–H groups in total. The number of hydrogen-bond acceptors (Lipinski definition) is 4. The Bertz CT molecular complexity index is 723. The zero-order valence-electron chi connectivity index (χ0n) is 10.2. The molecule has 0 bridgehead atoms. The molecule has 20 heavy (non-hydrogen) atoms. The number of furan rings is 1. The van der Waals surface area contributed by atoms with Crippen LogP contribution >= 0.6 is 11.6 Å². The van der Waals surface area contributed by atoms with Gasteiger partial charge in [0.25, 0.3) is 5.91 Å². The average Bonchev–Trinajstić information content (AvgIpc) is 3.12. The van der Waals surface area contributed by atoms with Crippen molar-refractivity contribution in [3.63, 3.8) is 0 Å². The molecule has 1 aromatic carbocycles. The van der Waals surface area contributed by atoms with Gasteiger partial charge in [-0.15, -0.1) is 0 Å². The summed E-state index contributed by atoms with van der Waals surface area (Å²) >= 11 is 6.17. The van der Waals surface area contributed by atoms with Crippen molar-refractivity contribution in [1.29, 1.82) is 0 Å². The first-order valence-electron chi connectivity index (χ1n) is 5.74. The van der Waals surface area contributed by atoms with Crippen LogP contribution in [0, 0.1) is 0 Å². The summed E-state index contributed by atoms with van der Waals surface area (Å²) in [5.41, 5.74) is 1.07. The zero-order chi connectivity index (χ0) is 13.9. The SMILES string of the molecule is O=C(Nc1cccc(Cl)c1-n1cncn1)c1ccco1. The number of rotatable bonds is 3. The van der Waals surface area contributed by atoms with Gasteiger partial charge in [-0.3, -0.25) is 4.79 Å². The van der Waals surface area contributed by atoms with Gasteiger partial charge in [-0.05, 0) is 24.3 Å². The lowest BCUT2D eigenvalue weighted by Gasteiger charge is -2.11. The Hall–Kier alpha value is -2.60. The van der Waals surface area contributed by atoms with Gasteiger partial charge in [0, 0.05) is 0 Å². The fourth-order valence-electron chi connectivity index (χ4n) is 1.76. The lowest BCUT2D eigenvalue weighted by atomic mass is 10.2. The van der Waals surface area contributed by atoms with E-state index in [1.54, 1.807) is 30.3 Å². The Morgan fingerprint density at radius 2 is 2.20 bits per heavy atom. The third kappa shape index (κ3) is 2.28. The fraction of sp³-hybridized carbons (Fsp3) is 0. The minimum absolute atomic E-state index is 0.217. The van der Waals surface area contributed by atoms with E-state index < -0.39 is 0 Å². The molecule has 7 heteroatoms. The van der Waals surface area contributed by atoms with E-state index in [1.807, 2.05) is 0 Å². The Kier molecular flexibility index (Phi) is 3.22. The van der Waals surface area contributed by atoms with Gasteiger partial charge in [-0.1, -0.05) is 17.7 Å². The van der Waals surface area contributed by atoms with Crippen molar-refractivity contribution in [2.24, 2.45) is 0 Å². The summed E-state index contributed by atoms with van der Waals surface area (Å²) in [7, 11) is 0. The largest absolute Gasteiger partial charge is 0.459 e. The number of carbonyl (C=O) groups excluding carboxylic acids is 1. The summed E-state index contributed by atoms with van der Waals surface area (Å²) in [6, 6.07) is 8.39. The number of hydrogen-bond donors (Lipinski definition) is 1. The van der Waals surface area contributed by atoms with E-state index in [9.17, 15) is 4.79 Å². The van der Waals surface area contributed by atoms with E-state index in [0.29, 0.717) is 16.4 Å². The molecule has 2 heterocycles. The van der Waals surface area contributed by atoms with Crippen LogP contribution in [0.4, 0.5) is 5.69 Å². The number of halogens is 1. The van der Waals surface area contributed by atoms with Crippen molar-refractivity contribution in [2.45, 2.75) is 0 Å². The van der Waals surface area contributed by atoms with Crippen LogP contribution in [0.15, 0.2) is 53.7 Å². The summed E-state index contributed by atoms with van der Waals surface area (Å²) in [6.45, 7) is 0. The highest BCUT2D eigenvalue weighted by atomic mass is 35.5. The first-order valence-corrected chi connectivity index (χ1v) is 6.12. The van der Waals surface area contributed by atoms with E-state index in [-0.39, 0.29) is 11.7 Å². The zero-order valence-corrected chi connectivity index (χ0v) is 10.9. The number of benzene rings is 1. The van der Waals surface area contributed by atoms with Crippen molar-refractivity contribution in [3.8, 4) is 5.69 Å². The molecular weight excluding hydrogens is 280 g/mol. The molecule has 0 unspecified atom stereocenters. The average molecular weight is 289 g/mol. The summed E-state index contributed by atoms with van der Waals surface area (Å²) < 4.78 is 6.53. The highest BCUT2D eigenvalue weighted by Crippen LogP contribution is 2.28. The van der Waals surface area contributed by atoms with Gasteiger partial charge in [0.1, 0.15) is 18.3 Å². The highest BCUT2D eigenvalue weighted by Gasteiger charge is 2.15. The van der Waals surface area contributed by atoms with Crippen molar-refractivity contribution in [3.05, 3.63) is 60.0 Å². The minimum atomic E-state index is -0.362. The predicted molar refractivity (Wildman–Crippen MR) is 73.0 cm³/mol. The normalized spacial score (nSPS) is 10.4. The molecular formula is C13H9ClN4O2. The molecule has 0 aliphatic rings. The van der Waals surface area contributed by atoms with E-state index >= 15 is 0 Å². The molecule has 1 amide bonds. The van der Waals surface area contributed by atoms with Gasteiger partial charge in [0.05, 0.1) is 17.0 Å². The van der Waals surface area contributed by atoms with Crippen LogP contribution in [0.1, 0.15) is 10.6 Å². The molecule has 0 aliphatic heterocycles. The summed E-state index contributed by atoms with van der Waals surface area (Å²) in [5, 5.41) is 7.21. The van der Waals surface area contributed by atoms with E-state index in [4.69, 9.17) is 16.0 Å². The number of nitrogens with zero attached hydrogens (tertiary/aromatic N) is 3. The van der Waals surface area contributed by atoms with E-state index in [1.165, 1.54) is 23.6 Å². The van der Waals surface area contributed by atoms with Crippen LogP contribution in [-0.2, 0) is 0 Å². The molecule has 3 aromatic rings. The van der Waals surface area contributed by atoms with Crippen LogP contribution in [0.3, 0.4) is 0 Å². The molecule has 2 aromatic heterocycles. The molecule has 0 spiro atoms. The Labute approximate surface area is 119 Å². The smallest absolute Gasteiger partial charge is 0.291 e. The van der Waals surface area contributed by atoms with Gasteiger partial charge in [-0.25, -0.2) is 9.67 Å². The van der Waals surface area contributed by atoms with E-state index in [2.05, 4.69) is 15.4 Å². The molecule has 3 rings (SSSR count). The lowest BCUT2D eigenvalue weighted by molar-refractivity contribution is 0.0996. The summed E-state index contributed by atoms with van der Waals surface area (Å²) in [6.07, 6.45) is 4.33. The van der Waals surface area contributed by atoms with Crippen molar-refractivity contribution in [2.75, 3.05) is 5.32 Å². The second-order valence-corrected chi connectivity index (χ2v) is 4.31. The van der Waals surface area contributed by atoms with Gasteiger partial charge < -0.3 is 9.73 Å². The Morgan fingerprint density at radius 3 is 2.90 bits per heavy atom. The summed E-state index contributed by atoms with van der Waals surface area (Å²) in [5.74, 6) is -0.145. The van der Waals surface area contributed by atoms with Crippen LogP contribution in [0.5, 0.6) is 0 Å². The quantitative estimate of drug-likeness (QED) is 0.804. The third-order valence-corrected chi connectivity index (χ3v) is 2.93. The number of aromatic nitrogens is 3. The number of carbonyl (C=O) groups is 1. The number of nitrogens with one attached hydrogen (secondary N) is 1. The first-order chi connectivity index (χ1) is 9.75. The van der Waals surface area contributed by atoms with Gasteiger partial charge in [0.15, 0.2) is 5.76 Å². The van der Waals surface area contributed by atoms with Crippen LogP contribution in [-0.4, -0.2) is 20.7 Å². The Balaban J connectivity index is 1.98. The maximum absolute atomic E-state index is 12.0. The second-order valence-electron chi connectivity index (χ2n) is 3.91. The monoisotopic (exact) mass is 288 g/mol. The predicted octanol–water partition coefficient (Wildman–Crippen LogP) is 2.77. The third-order valence-electron chi connectivity index (χ3n) is 2.63. The van der Waals surface area contributed by atoms with Crippen molar-refractivity contribution >= 4 is 23.2 Å². The van der Waals surface area contributed by atoms with Crippen molar-refractivity contribution in [1.82, 2.24) is 14.8 Å². The molecule has 100 valence electrons. The molecule has 0 saturated heterocycles. The van der Waals surface area contributed by atoms with Gasteiger partial charge in [-0.2, -0.15) is 5.10 Å². The van der Waals surface area contributed by atoms with Crippen molar-refractivity contribution < 1.29 is 9.21 Å². The highest BCUT2D eigenvalue weighted by molar-refractivity contribution is 6.33. The Morgan fingerprint density at radius 1 is 1.30 bits per heavy atom. The number of para-hydroxylation sites is 1. The van der Waals surface area contributed by atoms with Crippen LogP contribution in [0.2, 0.25) is 5.02 Å². The van der Waals surface area contributed by atoms with Gasteiger partial charge >= 0.3 is 0 Å². The number of anilines is 1. The lowest BCUT2D eigenvalue weighted by Crippen LogP contribution is -2.13. The molecule has 0 radical (unpaired) electrons. The molecule has 0 fully saturated rings.